The van der Waals surface area contributed by atoms with Gasteiger partial charge in [-0.2, -0.15) is 0 Å². The van der Waals surface area contributed by atoms with Crippen molar-refractivity contribution < 1.29 is 8.42 Å². The zero-order chi connectivity index (χ0) is 10.1. The van der Waals surface area contributed by atoms with Gasteiger partial charge in [0.15, 0.2) is 14.9 Å². The van der Waals surface area contributed by atoms with Crippen molar-refractivity contribution in [1.29, 1.82) is 0 Å². The summed E-state index contributed by atoms with van der Waals surface area (Å²) in [6, 6.07) is 0. The molecule has 0 fully saturated rings. The molecule has 0 amide bonds. The van der Waals surface area contributed by atoms with Crippen LogP contribution in [0.1, 0.15) is 9.43 Å². The van der Waals surface area contributed by atoms with Gasteiger partial charge < -0.3 is 0 Å². The molecule has 1 rings (SSSR count). The van der Waals surface area contributed by atoms with Crippen LogP contribution in [0.4, 0.5) is 0 Å². The lowest BCUT2D eigenvalue weighted by atomic mass is 10.5. The lowest BCUT2D eigenvalue weighted by Crippen LogP contribution is -2.03. The Kier molecular flexibility index (Phi) is 3.42. The van der Waals surface area contributed by atoms with Gasteiger partial charge in [0.25, 0.3) is 0 Å². The fraction of sp³-hybridized carbons (Fsp3) is 0.333. The third kappa shape index (κ3) is 2.99. The predicted octanol–water partition coefficient (Wildman–Crippen LogP) is 1.67. The summed E-state index contributed by atoms with van der Waals surface area (Å²) in [6.07, 6.45) is 3.81. The van der Waals surface area contributed by atoms with E-state index in [1.807, 2.05) is 0 Å². The van der Waals surface area contributed by atoms with E-state index in [-0.39, 0.29) is 8.76 Å². The SMILES string of the molecule is CS(=O)(=O)c1cncc(C(Br)Br)n1. The van der Waals surface area contributed by atoms with Gasteiger partial charge in [-0.1, -0.05) is 31.9 Å². The number of hydrogen-bond acceptors (Lipinski definition) is 4. The maximum atomic E-state index is 11.1. The van der Waals surface area contributed by atoms with Crippen molar-refractivity contribution in [1.82, 2.24) is 9.97 Å². The zero-order valence-corrected chi connectivity index (χ0v) is 10.6. The smallest absolute Gasteiger partial charge is 0.194 e. The summed E-state index contributed by atoms with van der Waals surface area (Å²) < 4.78 is 22.0. The molecule has 0 bridgehead atoms. The topological polar surface area (TPSA) is 59.9 Å². The molecule has 0 saturated heterocycles. The Balaban J connectivity index is 3.21. The van der Waals surface area contributed by atoms with E-state index in [0.29, 0.717) is 5.69 Å². The van der Waals surface area contributed by atoms with Gasteiger partial charge in [-0.3, -0.25) is 4.98 Å². The van der Waals surface area contributed by atoms with Gasteiger partial charge in [-0.15, -0.1) is 0 Å². The molecule has 0 aliphatic heterocycles. The first-order valence-electron chi connectivity index (χ1n) is 3.21. The van der Waals surface area contributed by atoms with E-state index in [9.17, 15) is 8.42 Å². The van der Waals surface area contributed by atoms with Gasteiger partial charge in [0.05, 0.1) is 18.1 Å². The summed E-state index contributed by atoms with van der Waals surface area (Å²) in [5, 5.41) is -0.0195. The van der Waals surface area contributed by atoms with Crippen molar-refractivity contribution in [2.75, 3.05) is 6.26 Å². The molecule has 0 atom stereocenters. The van der Waals surface area contributed by atoms with Gasteiger partial charge in [0.1, 0.15) is 3.74 Å². The molecule has 1 aromatic heterocycles. The Hall–Kier alpha value is -0.0100. The average Bonchev–Trinajstić information content (AvgIpc) is 2.03. The number of aromatic nitrogens is 2. The van der Waals surface area contributed by atoms with E-state index >= 15 is 0 Å². The predicted molar refractivity (Wildman–Crippen MR) is 55.7 cm³/mol. The molecule has 0 unspecified atom stereocenters. The first-order valence-corrected chi connectivity index (χ1v) is 6.93. The molecule has 1 aromatic rings. The molecule has 72 valence electrons. The van der Waals surface area contributed by atoms with Crippen LogP contribution < -0.4 is 0 Å². The van der Waals surface area contributed by atoms with Gasteiger partial charge in [-0.05, 0) is 0 Å². The first-order chi connectivity index (χ1) is 5.91. The molecular weight excluding hydrogens is 324 g/mol. The molecule has 0 aliphatic rings. The highest BCUT2D eigenvalue weighted by Crippen LogP contribution is 2.27. The second-order valence-electron chi connectivity index (χ2n) is 2.36. The number of hydrogen-bond donors (Lipinski definition) is 0. The van der Waals surface area contributed by atoms with E-state index < -0.39 is 9.84 Å². The Morgan fingerprint density at radius 1 is 1.38 bits per heavy atom. The monoisotopic (exact) mass is 328 g/mol. The Bertz CT molecular complexity index is 405. The molecule has 0 aliphatic carbocycles. The van der Waals surface area contributed by atoms with Crippen molar-refractivity contribution in [2.45, 2.75) is 8.76 Å². The highest BCUT2D eigenvalue weighted by molar-refractivity contribution is 9.24. The fourth-order valence-electron chi connectivity index (χ4n) is 0.646. The van der Waals surface area contributed by atoms with E-state index in [1.165, 1.54) is 12.4 Å². The summed E-state index contributed by atoms with van der Waals surface area (Å²) >= 11 is 6.41. The minimum Gasteiger partial charge on any atom is -0.260 e. The summed E-state index contributed by atoms with van der Waals surface area (Å²) in [4.78, 5) is 7.67. The second kappa shape index (κ2) is 4.02. The number of rotatable bonds is 2. The molecule has 0 N–H and O–H groups in total. The van der Waals surface area contributed by atoms with Crippen molar-refractivity contribution in [3.05, 3.63) is 18.1 Å². The molecule has 1 heterocycles. The maximum absolute atomic E-state index is 11.1. The van der Waals surface area contributed by atoms with Crippen LogP contribution in [0.3, 0.4) is 0 Å². The fourth-order valence-corrected chi connectivity index (χ4v) is 1.61. The molecule has 0 radical (unpaired) electrons. The summed E-state index contributed by atoms with van der Waals surface area (Å²) in [6.45, 7) is 0. The van der Waals surface area contributed by atoms with Gasteiger partial charge in [0, 0.05) is 6.26 Å². The Morgan fingerprint density at radius 3 is 2.46 bits per heavy atom. The standard InChI is InChI=1S/C6H6Br2N2O2S/c1-13(11,12)5-3-9-2-4(10-5)6(7)8/h2-3,6H,1H3. The summed E-state index contributed by atoms with van der Waals surface area (Å²) in [7, 11) is -3.27. The molecule has 0 saturated carbocycles. The van der Waals surface area contributed by atoms with Crippen LogP contribution in [0.2, 0.25) is 0 Å². The zero-order valence-electron chi connectivity index (χ0n) is 6.61. The van der Waals surface area contributed by atoms with E-state index in [2.05, 4.69) is 41.8 Å². The Morgan fingerprint density at radius 2 is 2.00 bits per heavy atom. The highest BCUT2D eigenvalue weighted by atomic mass is 79.9. The molecule has 0 spiro atoms. The number of sulfone groups is 1. The second-order valence-corrected chi connectivity index (χ2v) is 7.38. The average molecular weight is 330 g/mol. The van der Waals surface area contributed by atoms with Gasteiger partial charge in [-0.25, -0.2) is 13.4 Å². The van der Waals surface area contributed by atoms with Crippen molar-refractivity contribution in [3.8, 4) is 0 Å². The van der Waals surface area contributed by atoms with Crippen LogP contribution in [0.5, 0.6) is 0 Å². The number of halogens is 2. The summed E-state index contributed by atoms with van der Waals surface area (Å²) in [5.74, 6) is 0. The van der Waals surface area contributed by atoms with E-state index in [4.69, 9.17) is 0 Å². The first kappa shape index (κ1) is 11.1. The van der Waals surface area contributed by atoms with E-state index in [0.717, 1.165) is 6.26 Å². The number of nitrogens with zero attached hydrogens (tertiary/aromatic N) is 2. The van der Waals surface area contributed by atoms with Crippen LogP contribution in [0, 0.1) is 0 Å². The minimum atomic E-state index is -3.27. The number of alkyl halides is 2. The lowest BCUT2D eigenvalue weighted by molar-refractivity contribution is 0.597. The van der Waals surface area contributed by atoms with Crippen LogP contribution >= 0.6 is 31.9 Å². The third-order valence-electron chi connectivity index (χ3n) is 1.23. The van der Waals surface area contributed by atoms with Crippen LogP contribution in [0.15, 0.2) is 17.4 Å². The van der Waals surface area contributed by atoms with Crippen molar-refractivity contribution in [3.63, 3.8) is 0 Å². The molecular formula is C6H6Br2N2O2S. The quantitative estimate of drug-likeness (QED) is 0.774. The maximum Gasteiger partial charge on any atom is 0.194 e. The molecule has 0 aromatic carbocycles. The Labute approximate surface area is 93.0 Å². The van der Waals surface area contributed by atoms with Crippen LogP contribution in [-0.2, 0) is 9.84 Å². The lowest BCUT2D eigenvalue weighted by Gasteiger charge is -2.01. The summed E-state index contributed by atoms with van der Waals surface area (Å²) in [5.41, 5.74) is 0.530. The third-order valence-corrected chi connectivity index (χ3v) is 3.13. The normalized spacial score (nSPS) is 12.0. The molecule has 13 heavy (non-hydrogen) atoms. The molecule has 7 heteroatoms. The van der Waals surface area contributed by atoms with Crippen molar-refractivity contribution in [2.24, 2.45) is 0 Å². The van der Waals surface area contributed by atoms with Crippen LogP contribution in [0.25, 0.3) is 0 Å². The van der Waals surface area contributed by atoms with Crippen LogP contribution in [-0.4, -0.2) is 24.6 Å². The highest BCUT2D eigenvalue weighted by Gasteiger charge is 2.12. The molecule has 4 nitrogen and oxygen atoms in total. The van der Waals surface area contributed by atoms with E-state index in [1.54, 1.807) is 0 Å². The van der Waals surface area contributed by atoms with Gasteiger partial charge in [0.2, 0.25) is 0 Å². The minimum absolute atomic E-state index is 0.0195. The van der Waals surface area contributed by atoms with Crippen molar-refractivity contribution >= 4 is 41.7 Å². The van der Waals surface area contributed by atoms with Gasteiger partial charge >= 0.3 is 0 Å². The largest absolute Gasteiger partial charge is 0.260 e.